The van der Waals surface area contributed by atoms with Gasteiger partial charge in [0.25, 0.3) is 0 Å². The van der Waals surface area contributed by atoms with Crippen LogP contribution in [0, 0.1) is 24.6 Å². The second-order valence-corrected chi connectivity index (χ2v) is 14.8. The number of amides is 2. The molecule has 2 amide bonds. The second-order valence-electron chi connectivity index (χ2n) is 14.8. The van der Waals surface area contributed by atoms with Gasteiger partial charge in [0.15, 0.2) is 0 Å². The molecular formula is C36H44F7N3O3. The van der Waals surface area contributed by atoms with E-state index in [9.17, 15) is 40.3 Å². The van der Waals surface area contributed by atoms with Gasteiger partial charge in [-0.3, -0.25) is 4.79 Å². The van der Waals surface area contributed by atoms with Crippen molar-refractivity contribution < 1.29 is 45.1 Å². The first-order valence-corrected chi connectivity index (χ1v) is 16.8. The van der Waals surface area contributed by atoms with Crippen LogP contribution in [0.15, 0.2) is 36.4 Å². The van der Waals surface area contributed by atoms with Gasteiger partial charge in [0, 0.05) is 50.6 Å². The van der Waals surface area contributed by atoms with Crippen LogP contribution in [0.2, 0.25) is 0 Å². The van der Waals surface area contributed by atoms with E-state index in [0.717, 1.165) is 24.9 Å². The number of likely N-dealkylation sites (tertiary alicyclic amines) is 2. The molecule has 0 spiro atoms. The zero-order chi connectivity index (χ0) is 35.9. The number of hydrogen-bond acceptors (Lipinski definition) is 4. The molecule has 2 aromatic carbocycles. The number of carbonyl (C=O) groups excluding carboxylic acids is 2. The number of alkyl halides is 6. The molecule has 3 fully saturated rings. The van der Waals surface area contributed by atoms with E-state index in [4.69, 9.17) is 4.74 Å². The van der Waals surface area contributed by atoms with Crippen molar-refractivity contribution >= 4 is 12.0 Å². The summed E-state index contributed by atoms with van der Waals surface area (Å²) >= 11 is 0. The van der Waals surface area contributed by atoms with E-state index >= 15 is 0 Å². The van der Waals surface area contributed by atoms with Crippen LogP contribution in [-0.4, -0.2) is 71.1 Å². The molecule has 1 aliphatic carbocycles. The number of rotatable bonds is 7. The first-order valence-electron chi connectivity index (χ1n) is 16.8. The van der Waals surface area contributed by atoms with Gasteiger partial charge in [-0.2, -0.15) is 26.3 Å². The fourth-order valence-corrected chi connectivity index (χ4v) is 7.13. The van der Waals surface area contributed by atoms with Crippen LogP contribution in [-0.2, 0) is 28.4 Å². The van der Waals surface area contributed by atoms with Crippen LogP contribution in [0.1, 0.15) is 86.6 Å². The second kappa shape index (κ2) is 14.1. The molecule has 0 unspecified atom stereocenters. The lowest BCUT2D eigenvalue weighted by Crippen LogP contribution is -2.49. The maximum atomic E-state index is 14.3. The molecule has 49 heavy (non-hydrogen) atoms. The van der Waals surface area contributed by atoms with Crippen molar-refractivity contribution in [1.29, 1.82) is 0 Å². The highest BCUT2D eigenvalue weighted by Gasteiger charge is 2.43. The van der Waals surface area contributed by atoms with Crippen LogP contribution >= 0.6 is 0 Å². The number of hydrogen-bond donors (Lipinski definition) is 0. The Morgan fingerprint density at radius 2 is 1.47 bits per heavy atom. The smallest absolute Gasteiger partial charge is 0.416 e. The highest BCUT2D eigenvalue weighted by molar-refractivity contribution is 5.81. The van der Waals surface area contributed by atoms with E-state index in [1.54, 1.807) is 17.9 Å². The number of piperidine rings is 2. The topological polar surface area (TPSA) is 53.1 Å². The molecular weight excluding hydrogens is 655 g/mol. The van der Waals surface area contributed by atoms with Crippen LogP contribution in [0.4, 0.5) is 35.5 Å². The third kappa shape index (κ3) is 9.46. The zero-order valence-electron chi connectivity index (χ0n) is 28.3. The van der Waals surface area contributed by atoms with Crippen LogP contribution in [0.3, 0.4) is 0 Å². The zero-order valence-corrected chi connectivity index (χ0v) is 28.3. The van der Waals surface area contributed by atoms with E-state index in [1.807, 2.05) is 20.8 Å². The van der Waals surface area contributed by atoms with E-state index in [1.165, 1.54) is 17.0 Å². The summed E-state index contributed by atoms with van der Waals surface area (Å²) in [6, 6.07) is 5.61. The Kier molecular flexibility index (Phi) is 10.6. The van der Waals surface area contributed by atoms with Crippen LogP contribution in [0.25, 0.3) is 0 Å². The lowest BCUT2D eigenvalue weighted by atomic mass is 9.77. The number of carbonyl (C=O) groups is 2. The van der Waals surface area contributed by atoms with Crippen molar-refractivity contribution in [1.82, 2.24) is 14.7 Å². The Hall–Kier alpha value is -3.35. The molecule has 0 aromatic heterocycles. The number of halogens is 7. The highest BCUT2D eigenvalue weighted by Crippen LogP contribution is 2.41. The third-order valence-corrected chi connectivity index (χ3v) is 9.70. The van der Waals surface area contributed by atoms with Crippen molar-refractivity contribution in [2.45, 2.75) is 96.3 Å². The fraction of sp³-hybridized carbons (Fsp3) is 0.611. The predicted molar refractivity (Wildman–Crippen MR) is 169 cm³/mol. The van der Waals surface area contributed by atoms with Gasteiger partial charge in [-0.15, -0.1) is 0 Å². The van der Waals surface area contributed by atoms with E-state index in [0.29, 0.717) is 69.1 Å². The standard InChI is InChI=1S/C36H44F7N3O3/c1-22-15-27(37)5-8-29(22)31-21-44(19-23-9-13-45(14-10-23)33(48)49-34(2,3)4)12-11-30(31)32(47)46(28-6-7-28)20-24-16-25(35(38,39)40)18-26(17-24)36(41,42)43/h5,8,15-18,23,28,30-31H,6-7,9-14,19-21H2,1-4H3/t30-,31+/m1/s1. The van der Waals surface area contributed by atoms with Crippen molar-refractivity contribution in [2.24, 2.45) is 11.8 Å². The molecule has 0 radical (unpaired) electrons. The van der Waals surface area contributed by atoms with Crippen LogP contribution < -0.4 is 0 Å². The average Bonchev–Trinajstić information content (AvgIpc) is 3.84. The molecule has 1 saturated carbocycles. The maximum absolute atomic E-state index is 14.3. The van der Waals surface area contributed by atoms with Gasteiger partial charge in [-0.05, 0) is 119 Å². The lowest BCUT2D eigenvalue weighted by molar-refractivity contribution is -0.143. The van der Waals surface area contributed by atoms with E-state index in [2.05, 4.69) is 4.90 Å². The number of ether oxygens (including phenoxy) is 1. The van der Waals surface area contributed by atoms with Crippen LogP contribution in [0.5, 0.6) is 0 Å². The molecule has 2 aromatic rings. The lowest BCUT2D eigenvalue weighted by Gasteiger charge is -2.43. The average molecular weight is 700 g/mol. The number of benzene rings is 2. The molecule has 2 aliphatic heterocycles. The maximum Gasteiger partial charge on any atom is 0.416 e. The molecule has 3 aliphatic rings. The Morgan fingerprint density at radius 3 is 2.00 bits per heavy atom. The summed E-state index contributed by atoms with van der Waals surface area (Å²) in [5, 5.41) is 0. The largest absolute Gasteiger partial charge is 0.444 e. The summed E-state index contributed by atoms with van der Waals surface area (Å²) in [7, 11) is 0. The third-order valence-electron chi connectivity index (χ3n) is 9.70. The Morgan fingerprint density at radius 1 is 0.857 bits per heavy atom. The molecule has 270 valence electrons. The molecule has 2 saturated heterocycles. The van der Waals surface area contributed by atoms with E-state index in [-0.39, 0.29) is 42.1 Å². The molecule has 0 bridgehead atoms. The van der Waals surface area contributed by atoms with Crippen molar-refractivity contribution in [3.8, 4) is 0 Å². The minimum Gasteiger partial charge on any atom is -0.444 e. The summed E-state index contributed by atoms with van der Waals surface area (Å²) in [6.45, 7) is 9.78. The predicted octanol–water partition coefficient (Wildman–Crippen LogP) is 8.42. The van der Waals surface area contributed by atoms with Gasteiger partial charge in [0.05, 0.1) is 11.1 Å². The molecule has 2 atom stereocenters. The molecule has 2 heterocycles. The summed E-state index contributed by atoms with van der Waals surface area (Å²) < 4.78 is 101. The molecule has 6 nitrogen and oxygen atoms in total. The normalized spacial score (nSPS) is 21.5. The van der Waals surface area contributed by atoms with Gasteiger partial charge in [-0.1, -0.05) is 6.07 Å². The van der Waals surface area contributed by atoms with Gasteiger partial charge in [0.1, 0.15) is 11.4 Å². The monoisotopic (exact) mass is 699 g/mol. The molecule has 5 rings (SSSR count). The first-order chi connectivity index (χ1) is 22.8. The molecule has 13 heteroatoms. The van der Waals surface area contributed by atoms with E-state index < -0.39 is 40.8 Å². The summed E-state index contributed by atoms with van der Waals surface area (Å²) in [4.78, 5) is 32.3. The number of aryl methyl sites for hydroxylation is 1. The highest BCUT2D eigenvalue weighted by atomic mass is 19.4. The van der Waals surface area contributed by atoms with Gasteiger partial charge in [-0.25, -0.2) is 9.18 Å². The number of nitrogens with zero attached hydrogens (tertiary/aromatic N) is 3. The first kappa shape index (κ1) is 36.9. The Bertz CT molecular complexity index is 1480. The Labute approximate surface area is 282 Å². The van der Waals surface area contributed by atoms with Crippen molar-refractivity contribution in [3.63, 3.8) is 0 Å². The summed E-state index contributed by atoms with van der Waals surface area (Å²) in [6.07, 6.45) is -7.11. The molecule has 0 N–H and O–H groups in total. The Balaban J connectivity index is 1.34. The quantitative estimate of drug-likeness (QED) is 0.273. The van der Waals surface area contributed by atoms with Gasteiger partial charge < -0.3 is 19.4 Å². The minimum atomic E-state index is -4.99. The van der Waals surface area contributed by atoms with Crippen molar-refractivity contribution in [3.05, 3.63) is 70.0 Å². The summed E-state index contributed by atoms with van der Waals surface area (Å²) in [5.74, 6) is -1.39. The van der Waals surface area contributed by atoms with Gasteiger partial charge in [0.2, 0.25) is 5.91 Å². The fourth-order valence-electron chi connectivity index (χ4n) is 7.13. The van der Waals surface area contributed by atoms with Gasteiger partial charge >= 0.3 is 18.4 Å². The minimum absolute atomic E-state index is 0.0945. The van der Waals surface area contributed by atoms with Crippen molar-refractivity contribution in [2.75, 3.05) is 32.7 Å². The summed E-state index contributed by atoms with van der Waals surface area (Å²) in [5.41, 5.74) is -2.18. The SMILES string of the molecule is Cc1cc(F)ccc1[C@@H]1CN(CC2CCN(C(=O)OC(C)(C)C)CC2)CC[C@H]1C(=O)N(Cc1cc(C(F)(F)F)cc(C(F)(F)F)c1)C1CC1.